The number of phosphoric acid groups is 1. The predicted octanol–water partition coefficient (Wildman–Crippen LogP) is -3.27. The van der Waals surface area contributed by atoms with Crippen LogP contribution in [0, 0.1) is 5.92 Å². The van der Waals surface area contributed by atoms with E-state index in [4.69, 9.17) is 24.3 Å². The summed E-state index contributed by atoms with van der Waals surface area (Å²) < 4.78 is 34.5. The van der Waals surface area contributed by atoms with Gasteiger partial charge in [0.05, 0.1) is 32.0 Å². The lowest BCUT2D eigenvalue weighted by Gasteiger charge is -2.46. The molecule has 3 unspecified atom stereocenters. The number of hydrogen-bond acceptors (Lipinski definition) is 18. The number of aliphatic hydroxyl groups is 6. The van der Waals surface area contributed by atoms with Gasteiger partial charge in [-0.3, -0.25) is 18.7 Å². The molecule has 2 saturated heterocycles. The summed E-state index contributed by atoms with van der Waals surface area (Å²) in [6.45, 7) is 0.705. The third-order valence-corrected chi connectivity index (χ3v) is 9.97. The number of amides is 1. The fraction of sp³-hybridized carbons (Fsp3) is 0.594. The Morgan fingerprint density at radius 2 is 1.84 bits per heavy atom. The molecule has 2 aliphatic heterocycles. The first-order valence-electron chi connectivity index (χ1n) is 17.1. The lowest BCUT2D eigenvalue weighted by Crippen LogP contribution is -2.62. The number of nitrogens with zero attached hydrogens (tertiary/aromatic N) is 2. The second-order valence-corrected chi connectivity index (χ2v) is 14.4. The van der Waals surface area contributed by atoms with Crippen molar-refractivity contribution in [1.82, 2.24) is 20.2 Å². The van der Waals surface area contributed by atoms with Crippen LogP contribution in [0.25, 0.3) is 0 Å². The summed E-state index contributed by atoms with van der Waals surface area (Å²) in [6, 6.07) is 7.78. The van der Waals surface area contributed by atoms with Crippen LogP contribution in [0.3, 0.4) is 0 Å². The number of carbonyl (C=O) groups is 3. The largest absolute Gasteiger partial charge is 0.477 e. The Bertz CT molecular complexity index is 1750. The van der Waals surface area contributed by atoms with E-state index in [2.05, 4.69) is 15.6 Å². The van der Waals surface area contributed by atoms with Gasteiger partial charge in [-0.1, -0.05) is 19.1 Å². The van der Waals surface area contributed by atoms with Crippen LogP contribution in [0.2, 0.25) is 0 Å². The highest BCUT2D eigenvalue weighted by Gasteiger charge is 2.58. The van der Waals surface area contributed by atoms with E-state index in [-0.39, 0.29) is 11.4 Å². The van der Waals surface area contributed by atoms with Crippen LogP contribution < -0.4 is 22.1 Å². The third kappa shape index (κ3) is 11.0. The number of carboxylic acids is 1. The second-order valence-electron chi connectivity index (χ2n) is 13.1. The number of anilines is 1. The molecule has 306 valence electrons. The summed E-state index contributed by atoms with van der Waals surface area (Å²) in [6.07, 6.45) is -14.8. The smallest absolute Gasteiger partial charge is 0.475 e. The molecule has 22 nitrogen and oxygen atoms in total. The maximum absolute atomic E-state index is 13.1. The van der Waals surface area contributed by atoms with Crippen molar-refractivity contribution in [3.05, 3.63) is 58.1 Å². The maximum atomic E-state index is 13.1. The number of aliphatic carboxylic acids is 1. The van der Waals surface area contributed by atoms with Crippen LogP contribution in [-0.4, -0.2) is 143 Å². The zero-order valence-electron chi connectivity index (χ0n) is 29.5. The molecule has 23 heteroatoms. The fourth-order valence-electron chi connectivity index (χ4n) is 6.03. The molecule has 4 rings (SSSR count). The Morgan fingerprint density at radius 1 is 1.15 bits per heavy atom. The number of carbonyl (C=O) groups excluding carboxylic acids is 2. The highest BCUT2D eigenvalue weighted by Crippen LogP contribution is 2.52. The zero-order valence-corrected chi connectivity index (χ0v) is 30.4. The minimum atomic E-state index is -5.61. The highest BCUT2D eigenvalue weighted by molar-refractivity contribution is 7.47. The number of rotatable bonds is 19. The number of nitrogens with two attached hydrogens (primary N) is 1. The van der Waals surface area contributed by atoms with Crippen molar-refractivity contribution in [3.8, 4) is 0 Å². The maximum Gasteiger partial charge on any atom is 0.475 e. The highest BCUT2D eigenvalue weighted by atomic mass is 31.2. The molecule has 3 heterocycles. The van der Waals surface area contributed by atoms with Gasteiger partial charge in [0.15, 0.2) is 12.0 Å². The number of carboxylic acid groups (broad SMARTS) is 1. The lowest BCUT2D eigenvalue weighted by molar-refractivity contribution is -0.298. The molecular formula is C32H46N5O17P. The minimum Gasteiger partial charge on any atom is -0.477 e. The SMILES string of the molecule is CCCNCc1ccc(C(=O)NCC(=O)C[C@H]2C([C@H](O)[C@H](O)CO)O[C@](OP(=O)(O)OC[C@H]3O[C@@H](n4ccc(N)nc4=O)C(O)[C@H]3O)(C(=O)O)C[C@H]2O)cc1. The molecule has 2 aliphatic rings. The number of aliphatic hydroxyl groups excluding tert-OH is 6. The number of Topliss-reactive ketones (excluding diaryl/α,β-unsaturated/α-hetero) is 1. The van der Waals surface area contributed by atoms with Crippen molar-refractivity contribution >= 4 is 31.3 Å². The van der Waals surface area contributed by atoms with E-state index < -0.39 is 124 Å². The molecule has 2 fully saturated rings. The van der Waals surface area contributed by atoms with E-state index in [1.807, 2.05) is 6.92 Å². The normalized spacial score (nSPS) is 28.9. The Labute approximate surface area is 313 Å². The molecule has 12 N–H and O–H groups in total. The average Bonchev–Trinajstić information content (AvgIpc) is 3.42. The molecule has 11 atom stereocenters. The van der Waals surface area contributed by atoms with Crippen LogP contribution >= 0.6 is 7.82 Å². The molecule has 1 aromatic heterocycles. The van der Waals surface area contributed by atoms with Gasteiger partial charge < -0.3 is 66.5 Å². The molecule has 0 aliphatic carbocycles. The van der Waals surface area contributed by atoms with Crippen molar-refractivity contribution in [3.63, 3.8) is 0 Å². The van der Waals surface area contributed by atoms with Gasteiger partial charge in [-0.2, -0.15) is 4.98 Å². The molecule has 0 radical (unpaired) electrons. The molecule has 2 aromatic rings. The topological polar surface area (TPSA) is 352 Å². The quantitative estimate of drug-likeness (QED) is 0.0490. The molecule has 0 saturated carbocycles. The average molecular weight is 804 g/mol. The summed E-state index contributed by atoms with van der Waals surface area (Å²) in [4.78, 5) is 64.5. The minimum absolute atomic E-state index is 0.148. The summed E-state index contributed by atoms with van der Waals surface area (Å²) >= 11 is 0. The first-order chi connectivity index (χ1) is 25.9. The Kier molecular flexibility index (Phi) is 15.1. The first kappa shape index (κ1) is 44.0. The van der Waals surface area contributed by atoms with Crippen molar-refractivity contribution in [1.29, 1.82) is 0 Å². The number of benzene rings is 1. The molecule has 1 aromatic carbocycles. The lowest BCUT2D eigenvalue weighted by atomic mass is 9.80. The van der Waals surface area contributed by atoms with Crippen LogP contribution in [0.15, 0.2) is 41.3 Å². The monoisotopic (exact) mass is 803 g/mol. The van der Waals surface area contributed by atoms with Gasteiger partial charge in [-0.25, -0.2) is 18.7 Å². The third-order valence-electron chi connectivity index (χ3n) is 8.97. The van der Waals surface area contributed by atoms with E-state index >= 15 is 0 Å². The number of aromatic nitrogens is 2. The molecule has 0 bridgehead atoms. The number of hydrogen-bond donors (Lipinski definition) is 11. The van der Waals surface area contributed by atoms with E-state index in [1.165, 1.54) is 6.07 Å². The number of ketones is 1. The number of phosphoric ester groups is 1. The van der Waals surface area contributed by atoms with Crippen molar-refractivity contribution in [2.75, 3.05) is 32.0 Å². The van der Waals surface area contributed by atoms with Gasteiger partial charge in [0.1, 0.15) is 36.3 Å². The predicted molar refractivity (Wildman–Crippen MR) is 185 cm³/mol. The van der Waals surface area contributed by atoms with E-state index in [0.717, 1.165) is 29.3 Å². The molecular weight excluding hydrogens is 757 g/mol. The van der Waals surface area contributed by atoms with Crippen LogP contribution in [0.5, 0.6) is 0 Å². The fourth-order valence-corrected chi connectivity index (χ4v) is 6.99. The van der Waals surface area contributed by atoms with E-state index in [0.29, 0.717) is 6.54 Å². The standard InChI is InChI=1S/C32H46N5O17P/c1-2-8-34-12-16-3-5-17(6-4-16)28(45)35-13-18(39)10-19-20(40)11-32(30(46)47,53-27(19)24(42)21(41)14-38)54-55(49,50)51-15-22-25(43)26(44)29(52-22)37-9-7-23(33)36-31(37)48/h3-7,9,19-22,24-27,29,34,38,40-44H,2,8,10-15H2,1H3,(H,35,45)(H,46,47)(H,49,50)(H2,33,36,48)/t19-,20-,21-,22-,24-,25+,26?,27?,29-,32-/m1/s1. The van der Waals surface area contributed by atoms with Crippen molar-refractivity contribution < 1.29 is 78.1 Å². The Balaban J connectivity index is 1.43. The van der Waals surface area contributed by atoms with E-state index in [9.17, 15) is 64.4 Å². The molecule has 1 amide bonds. The summed E-state index contributed by atoms with van der Waals surface area (Å²) in [5.74, 6) is -8.40. The van der Waals surface area contributed by atoms with Crippen LogP contribution in [-0.2, 0) is 39.2 Å². The van der Waals surface area contributed by atoms with Crippen LogP contribution in [0.4, 0.5) is 5.82 Å². The number of nitrogens with one attached hydrogen (secondary N) is 2. The van der Waals surface area contributed by atoms with Gasteiger partial charge in [0.2, 0.25) is 0 Å². The second kappa shape index (κ2) is 18.9. The van der Waals surface area contributed by atoms with E-state index in [1.54, 1.807) is 24.3 Å². The van der Waals surface area contributed by atoms with Gasteiger partial charge in [0.25, 0.3) is 11.7 Å². The Morgan fingerprint density at radius 3 is 2.45 bits per heavy atom. The van der Waals surface area contributed by atoms with Gasteiger partial charge in [-0.05, 0) is 36.7 Å². The molecule has 55 heavy (non-hydrogen) atoms. The van der Waals surface area contributed by atoms with Crippen molar-refractivity contribution in [2.45, 2.75) is 87.5 Å². The zero-order chi connectivity index (χ0) is 40.7. The Hall–Kier alpha value is -3.74. The molecule has 0 spiro atoms. The van der Waals surface area contributed by atoms with Gasteiger partial charge in [0, 0.05) is 37.1 Å². The van der Waals surface area contributed by atoms with Gasteiger partial charge in [-0.15, -0.1) is 0 Å². The first-order valence-corrected chi connectivity index (χ1v) is 18.6. The van der Waals surface area contributed by atoms with Crippen LogP contribution in [0.1, 0.15) is 48.3 Å². The van der Waals surface area contributed by atoms with Gasteiger partial charge >= 0.3 is 19.5 Å². The van der Waals surface area contributed by atoms with Crippen molar-refractivity contribution in [2.24, 2.45) is 5.92 Å². The summed E-state index contributed by atoms with van der Waals surface area (Å²) in [5, 5.41) is 78.3. The summed E-state index contributed by atoms with van der Waals surface area (Å²) in [5.41, 5.74) is 5.66. The number of nitrogen functional groups attached to an aromatic ring is 1. The number of ether oxygens (including phenoxy) is 2. The summed E-state index contributed by atoms with van der Waals surface area (Å²) in [7, 11) is -5.61.